The Bertz CT molecular complexity index is 689. The third-order valence-corrected chi connectivity index (χ3v) is 3.77. The molecule has 21 heavy (non-hydrogen) atoms. The summed E-state index contributed by atoms with van der Waals surface area (Å²) in [5.74, 6) is -0.639. The summed E-state index contributed by atoms with van der Waals surface area (Å²) in [6, 6.07) is 0. The van der Waals surface area contributed by atoms with Gasteiger partial charge in [-0.3, -0.25) is 4.57 Å². The maximum Gasteiger partial charge on any atom is 0.167 e. The lowest BCUT2D eigenvalue weighted by Gasteiger charge is -2.27. The first-order valence-corrected chi connectivity index (χ1v) is 6.31. The van der Waals surface area contributed by atoms with Crippen molar-refractivity contribution in [1.82, 2.24) is 14.5 Å². The Labute approximate surface area is 118 Å². The maximum atomic E-state index is 14.0. The van der Waals surface area contributed by atoms with Crippen LogP contribution in [0.25, 0.3) is 11.0 Å². The molecule has 9 heteroatoms. The van der Waals surface area contributed by atoms with E-state index in [9.17, 15) is 19.7 Å². The van der Waals surface area contributed by atoms with Gasteiger partial charge >= 0.3 is 0 Å². The van der Waals surface area contributed by atoms with Crippen molar-refractivity contribution >= 4 is 16.9 Å². The van der Waals surface area contributed by atoms with Crippen LogP contribution in [-0.2, 0) is 4.74 Å². The van der Waals surface area contributed by atoms with Crippen LogP contribution >= 0.6 is 0 Å². The Morgan fingerprint density at radius 2 is 2.24 bits per heavy atom. The minimum absolute atomic E-state index is 0.0126. The zero-order valence-corrected chi connectivity index (χ0v) is 11.1. The summed E-state index contributed by atoms with van der Waals surface area (Å²) < 4.78 is 20.7. The predicted molar refractivity (Wildman–Crippen MR) is 69.5 cm³/mol. The molecule has 2 aromatic rings. The number of nitrogens with two attached hydrogens (primary N) is 1. The normalized spacial score (nSPS) is 32.9. The van der Waals surface area contributed by atoms with Crippen molar-refractivity contribution in [2.24, 2.45) is 0 Å². The average molecular weight is 298 g/mol. The van der Waals surface area contributed by atoms with E-state index in [0.717, 1.165) is 6.20 Å². The van der Waals surface area contributed by atoms with E-state index in [1.165, 1.54) is 17.8 Å². The van der Waals surface area contributed by atoms with Crippen LogP contribution in [0.3, 0.4) is 0 Å². The summed E-state index contributed by atoms with van der Waals surface area (Å²) in [4.78, 5) is 7.63. The number of hydrogen-bond donors (Lipinski definition) is 4. The number of rotatable bonds is 2. The van der Waals surface area contributed by atoms with E-state index in [2.05, 4.69) is 9.97 Å². The van der Waals surface area contributed by atoms with Crippen LogP contribution in [0.15, 0.2) is 12.5 Å². The highest BCUT2D eigenvalue weighted by Crippen LogP contribution is 2.40. The van der Waals surface area contributed by atoms with Gasteiger partial charge < -0.3 is 25.8 Å². The van der Waals surface area contributed by atoms with E-state index in [1.807, 2.05) is 0 Å². The number of hydrogen-bond acceptors (Lipinski definition) is 7. The SMILES string of the molecule is C[C@]1(O)C(n2cnc3c(N)ncc(F)c32)O[C@H](CO)[C@H]1O. The molecule has 1 saturated heterocycles. The lowest BCUT2D eigenvalue weighted by atomic mass is 9.96. The summed E-state index contributed by atoms with van der Waals surface area (Å²) in [5, 5.41) is 29.6. The number of pyridine rings is 1. The van der Waals surface area contributed by atoms with Gasteiger partial charge in [0, 0.05) is 0 Å². The molecular formula is C12H15FN4O4. The van der Waals surface area contributed by atoms with E-state index in [-0.39, 0.29) is 16.9 Å². The van der Waals surface area contributed by atoms with Crippen LogP contribution in [0.5, 0.6) is 0 Å². The van der Waals surface area contributed by atoms with Crippen LogP contribution < -0.4 is 5.73 Å². The van der Waals surface area contributed by atoms with Gasteiger partial charge in [-0.1, -0.05) is 0 Å². The van der Waals surface area contributed by atoms with Crippen LogP contribution in [0.4, 0.5) is 10.2 Å². The van der Waals surface area contributed by atoms with Crippen LogP contribution in [0.2, 0.25) is 0 Å². The lowest BCUT2D eigenvalue weighted by Crippen LogP contribution is -2.44. The van der Waals surface area contributed by atoms with Gasteiger partial charge in [-0.05, 0) is 6.92 Å². The molecule has 3 heterocycles. The Balaban J connectivity index is 2.15. The summed E-state index contributed by atoms with van der Waals surface area (Å²) in [6.07, 6.45) is -1.24. The summed E-state index contributed by atoms with van der Waals surface area (Å²) in [5.41, 5.74) is 4.06. The van der Waals surface area contributed by atoms with Gasteiger partial charge in [-0.2, -0.15) is 0 Å². The van der Waals surface area contributed by atoms with Gasteiger partial charge in [0.2, 0.25) is 0 Å². The topological polar surface area (TPSA) is 127 Å². The number of nitrogens with zero attached hydrogens (tertiary/aromatic N) is 3. The fourth-order valence-corrected chi connectivity index (χ4v) is 2.60. The fraction of sp³-hybridized carbons (Fsp3) is 0.500. The first-order valence-electron chi connectivity index (χ1n) is 6.31. The number of aromatic nitrogens is 3. The molecule has 114 valence electrons. The first kappa shape index (κ1) is 14.1. The molecule has 1 aliphatic rings. The molecule has 0 aromatic carbocycles. The molecule has 8 nitrogen and oxygen atoms in total. The standard InChI is InChI=1S/C12H15FN4O4/c1-12(20)9(19)6(3-18)21-11(12)17-4-16-7-8(17)5(13)2-15-10(7)14/h2,4,6,9,11,18-20H,3H2,1H3,(H2,14,15)/t6-,9-,11?,12-/m1/s1. The maximum absolute atomic E-state index is 14.0. The number of halogens is 1. The van der Waals surface area contributed by atoms with Crippen molar-refractivity contribution in [3.63, 3.8) is 0 Å². The second-order valence-electron chi connectivity index (χ2n) is 5.22. The molecule has 0 bridgehead atoms. The third kappa shape index (κ3) is 1.89. The van der Waals surface area contributed by atoms with Gasteiger partial charge in [0.25, 0.3) is 0 Å². The lowest BCUT2D eigenvalue weighted by molar-refractivity contribution is -0.0950. The number of ether oxygens (including phenoxy) is 1. The molecule has 3 rings (SSSR count). The summed E-state index contributed by atoms with van der Waals surface area (Å²) >= 11 is 0. The number of aliphatic hydroxyl groups excluding tert-OH is 2. The van der Waals surface area contributed by atoms with Crippen molar-refractivity contribution in [2.75, 3.05) is 12.3 Å². The monoisotopic (exact) mass is 298 g/mol. The second kappa shape index (κ2) is 4.60. The van der Waals surface area contributed by atoms with Gasteiger partial charge in [0.15, 0.2) is 17.9 Å². The van der Waals surface area contributed by atoms with Gasteiger partial charge in [-0.25, -0.2) is 14.4 Å². The highest BCUT2D eigenvalue weighted by molar-refractivity contribution is 5.85. The molecule has 1 aliphatic heterocycles. The number of anilines is 1. The van der Waals surface area contributed by atoms with Crippen LogP contribution in [0.1, 0.15) is 13.2 Å². The molecule has 1 unspecified atom stereocenters. The number of imidazole rings is 1. The van der Waals surface area contributed by atoms with E-state index in [1.54, 1.807) is 0 Å². The van der Waals surface area contributed by atoms with Crippen molar-refractivity contribution in [3.05, 3.63) is 18.3 Å². The molecule has 0 aliphatic carbocycles. The third-order valence-electron chi connectivity index (χ3n) is 3.77. The highest BCUT2D eigenvalue weighted by atomic mass is 19.1. The number of aliphatic hydroxyl groups is 3. The molecule has 4 atom stereocenters. The fourth-order valence-electron chi connectivity index (χ4n) is 2.60. The number of fused-ring (bicyclic) bond motifs is 1. The molecule has 5 N–H and O–H groups in total. The van der Waals surface area contributed by atoms with E-state index in [0.29, 0.717) is 0 Å². The minimum atomic E-state index is -1.73. The van der Waals surface area contributed by atoms with Crippen LogP contribution in [0, 0.1) is 5.82 Å². The summed E-state index contributed by atoms with van der Waals surface area (Å²) in [7, 11) is 0. The largest absolute Gasteiger partial charge is 0.394 e. The van der Waals surface area contributed by atoms with Gasteiger partial charge in [-0.15, -0.1) is 0 Å². The Hall–Kier alpha value is -1.81. The van der Waals surface area contributed by atoms with Gasteiger partial charge in [0.1, 0.15) is 28.8 Å². The quantitative estimate of drug-likeness (QED) is 0.569. The highest BCUT2D eigenvalue weighted by Gasteiger charge is 2.53. The second-order valence-corrected chi connectivity index (χ2v) is 5.22. The summed E-state index contributed by atoms with van der Waals surface area (Å²) in [6.45, 7) is 0.860. The van der Waals surface area contributed by atoms with Gasteiger partial charge in [0.05, 0.1) is 19.1 Å². The predicted octanol–water partition coefficient (Wildman–Crippen LogP) is -0.846. The van der Waals surface area contributed by atoms with Crippen LogP contribution in [-0.4, -0.2) is 54.3 Å². The Kier molecular flexibility index (Phi) is 3.10. The molecular weight excluding hydrogens is 283 g/mol. The smallest absolute Gasteiger partial charge is 0.167 e. The van der Waals surface area contributed by atoms with E-state index >= 15 is 0 Å². The molecule has 0 saturated carbocycles. The van der Waals surface area contributed by atoms with Crippen molar-refractivity contribution in [1.29, 1.82) is 0 Å². The van der Waals surface area contributed by atoms with E-state index in [4.69, 9.17) is 10.5 Å². The van der Waals surface area contributed by atoms with Crippen molar-refractivity contribution in [3.8, 4) is 0 Å². The Morgan fingerprint density at radius 3 is 2.86 bits per heavy atom. The average Bonchev–Trinajstić information content (AvgIpc) is 2.97. The van der Waals surface area contributed by atoms with Crippen molar-refractivity contribution in [2.45, 2.75) is 31.0 Å². The molecule has 0 spiro atoms. The van der Waals surface area contributed by atoms with Crippen molar-refractivity contribution < 1.29 is 24.4 Å². The van der Waals surface area contributed by atoms with E-state index < -0.39 is 36.5 Å². The molecule has 1 fully saturated rings. The minimum Gasteiger partial charge on any atom is -0.394 e. The first-order chi connectivity index (χ1) is 9.87. The molecule has 2 aromatic heterocycles. The zero-order valence-electron chi connectivity index (χ0n) is 11.1. The molecule has 0 radical (unpaired) electrons. The molecule has 0 amide bonds. The Morgan fingerprint density at radius 1 is 1.52 bits per heavy atom. The zero-order chi connectivity index (χ0) is 15.4. The number of nitrogen functional groups attached to an aromatic ring is 1.